The topological polar surface area (TPSA) is 37.3 Å². The third kappa shape index (κ3) is 2.29. The van der Waals surface area contributed by atoms with E-state index in [2.05, 4.69) is 46.8 Å². The first-order valence-electron chi connectivity index (χ1n) is 12.1. The second kappa shape index (κ2) is 6.02. The van der Waals surface area contributed by atoms with Crippen molar-refractivity contribution in [3.05, 3.63) is 46.3 Å². The molecule has 162 valence electrons. The van der Waals surface area contributed by atoms with Gasteiger partial charge in [0, 0.05) is 11.0 Å². The number of hydrogen-bond acceptors (Lipinski definition) is 2. The summed E-state index contributed by atoms with van der Waals surface area (Å²) in [6.07, 6.45) is 15.3. The van der Waals surface area contributed by atoms with Crippen molar-refractivity contribution >= 4 is 5.78 Å². The molecule has 3 fully saturated rings. The Morgan fingerprint density at radius 1 is 1.00 bits per heavy atom. The average Bonchev–Trinajstić information content (AvgIpc) is 2.70. The van der Waals surface area contributed by atoms with E-state index in [-0.39, 0.29) is 22.4 Å². The minimum atomic E-state index is -0.224. The Kier molecular flexibility index (Phi) is 4.08. The Hall–Kier alpha value is -1.57. The second-order valence-corrected chi connectivity index (χ2v) is 12.2. The number of carbonyl (C=O) groups is 1. The molecule has 0 aromatic heterocycles. The quantitative estimate of drug-likeness (QED) is 0.460. The van der Waals surface area contributed by atoms with Gasteiger partial charge in [0.05, 0.1) is 0 Å². The molecule has 6 atom stereocenters. The number of rotatable bonds is 0. The third-order valence-corrected chi connectivity index (χ3v) is 10.8. The van der Waals surface area contributed by atoms with E-state index in [1.165, 1.54) is 38.5 Å². The molecule has 5 rings (SSSR count). The Labute approximate surface area is 182 Å². The molecular weight excluding hydrogens is 368 g/mol. The molecule has 1 N–H and O–H groups in total. The van der Waals surface area contributed by atoms with Gasteiger partial charge in [-0.1, -0.05) is 58.8 Å². The van der Waals surface area contributed by atoms with Crippen molar-refractivity contribution < 1.29 is 9.90 Å². The first-order chi connectivity index (χ1) is 14.0. The molecule has 0 amide bonds. The summed E-state index contributed by atoms with van der Waals surface area (Å²) in [6, 6.07) is 0. The summed E-state index contributed by atoms with van der Waals surface area (Å²) in [5.41, 5.74) is 5.33. The van der Waals surface area contributed by atoms with Gasteiger partial charge in [0.25, 0.3) is 0 Å². The number of hydrogen-bond donors (Lipinski definition) is 1. The minimum Gasteiger partial charge on any atom is -0.504 e. The molecule has 30 heavy (non-hydrogen) atoms. The average molecular weight is 407 g/mol. The number of ketones is 1. The van der Waals surface area contributed by atoms with Crippen LogP contribution in [0.2, 0.25) is 0 Å². The summed E-state index contributed by atoms with van der Waals surface area (Å²) in [5, 5.41) is 10.3. The van der Waals surface area contributed by atoms with Crippen LogP contribution >= 0.6 is 0 Å². The molecule has 0 heterocycles. The lowest BCUT2D eigenvalue weighted by molar-refractivity contribution is -0.148. The van der Waals surface area contributed by atoms with Crippen LogP contribution in [0.1, 0.15) is 86.5 Å². The highest BCUT2D eigenvalue weighted by atomic mass is 16.3. The van der Waals surface area contributed by atoms with Gasteiger partial charge in [-0.15, -0.1) is 0 Å². The van der Waals surface area contributed by atoms with Crippen molar-refractivity contribution in [2.75, 3.05) is 0 Å². The summed E-state index contributed by atoms with van der Waals surface area (Å²) in [4.78, 5) is 12.5. The standard InChI is InChI=1S/C28H38O2/c1-17-9-10-25(3)11-13-27(5)22-8-7-19-18(2)24(30)21(29)16-20(19)26(22,4)12-14-28(27,6)23(25)15-17/h7-8,16-17,23,30H,9-15H2,1-6H3/t17-,23+,25+,26?,27+,28-/m0/s1. The predicted molar refractivity (Wildman–Crippen MR) is 122 cm³/mol. The summed E-state index contributed by atoms with van der Waals surface area (Å²) >= 11 is 0. The minimum absolute atomic E-state index is 0.0815. The van der Waals surface area contributed by atoms with Gasteiger partial charge in [-0.25, -0.2) is 0 Å². The smallest absolute Gasteiger partial charge is 0.220 e. The van der Waals surface area contributed by atoms with Gasteiger partial charge in [0.1, 0.15) is 0 Å². The van der Waals surface area contributed by atoms with E-state index in [4.69, 9.17) is 0 Å². The molecule has 3 saturated carbocycles. The largest absolute Gasteiger partial charge is 0.504 e. The zero-order chi connectivity index (χ0) is 21.7. The van der Waals surface area contributed by atoms with Crippen LogP contribution in [0.4, 0.5) is 0 Å². The van der Waals surface area contributed by atoms with Crippen molar-refractivity contribution in [2.45, 2.75) is 86.5 Å². The van der Waals surface area contributed by atoms with Gasteiger partial charge < -0.3 is 5.11 Å². The molecule has 0 spiro atoms. The van der Waals surface area contributed by atoms with E-state index in [9.17, 15) is 9.90 Å². The van der Waals surface area contributed by atoms with Crippen LogP contribution in [-0.4, -0.2) is 10.9 Å². The fraction of sp³-hybridized carbons (Fsp3) is 0.679. The van der Waals surface area contributed by atoms with Crippen molar-refractivity contribution in [3.8, 4) is 0 Å². The van der Waals surface area contributed by atoms with Crippen LogP contribution in [0.15, 0.2) is 46.3 Å². The van der Waals surface area contributed by atoms with Gasteiger partial charge in [0.2, 0.25) is 5.78 Å². The number of fused-ring (bicyclic) bond motifs is 7. The van der Waals surface area contributed by atoms with E-state index in [0.717, 1.165) is 35.0 Å². The second-order valence-electron chi connectivity index (χ2n) is 12.2. The maximum atomic E-state index is 12.5. The van der Waals surface area contributed by atoms with E-state index in [1.54, 1.807) is 11.6 Å². The number of allylic oxidation sites excluding steroid dienone is 7. The van der Waals surface area contributed by atoms with Crippen molar-refractivity contribution in [3.63, 3.8) is 0 Å². The SMILES string of the molecule is CC1=C(O)C(=O)C=C2C1=CC=C1C2(C)CC[C@@]2(C)[C@@H]3C[C@@H](C)CC[C@]3(C)CC[C@]12C. The Balaban J connectivity index is 1.66. The lowest BCUT2D eigenvalue weighted by atomic mass is 9.35. The number of aliphatic hydroxyl groups excluding tert-OH is 1. The summed E-state index contributed by atoms with van der Waals surface area (Å²) in [5.74, 6) is 1.30. The summed E-state index contributed by atoms with van der Waals surface area (Å²) < 4.78 is 0. The molecule has 0 saturated heterocycles. The van der Waals surface area contributed by atoms with Gasteiger partial charge in [-0.05, 0) is 90.8 Å². The first-order valence-corrected chi connectivity index (χ1v) is 12.1. The lowest BCUT2D eigenvalue weighted by Gasteiger charge is -2.69. The van der Waals surface area contributed by atoms with Crippen molar-refractivity contribution in [1.82, 2.24) is 0 Å². The molecular formula is C28H38O2. The number of aliphatic hydroxyl groups is 1. The van der Waals surface area contributed by atoms with Gasteiger partial charge >= 0.3 is 0 Å². The summed E-state index contributed by atoms with van der Waals surface area (Å²) in [6.45, 7) is 14.4. The highest BCUT2D eigenvalue weighted by Crippen LogP contribution is 2.74. The van der Waals surface area contributed by atoms with Crippen LogP contribution in [-0.2, 0) is 4.79 Å². The highest BCUT2D eigenvalue weighted by molar-refractivity contribution is 6.06. The molecule has 0 aromatic rings. The predicted octanol–water partition coefficient (Wildman–Crippen LogP) is 7.24. The van der Waals surface area contributed by atoms with Gasteiger partial charge in [0.15, 0.2) is 5.76 Å². The molecule has 2 nitrogen and oxygen atoms in total. The Morgan fingerprint density at radius 2 is 1.73 bits per heavy atom. The summed E-state index contributed by atoms with van der Waals surface area (Å²) in [7, 11) is 0. The van der Waals surface area contributed by atoms with Gasteiger partial charge in [-0.2, -0.15) is 0 Å². The van der Waals surface area contributed by atoms with Crippen molar-refractivity contribution in [1.29, 1.82) is 0 Å². The van der Waals surface area contributed by atoms with Crippen LogP contribution in [0.3, 0.4) is 0 Å². The Morgan fingerprint density at radius 3 is 2.47 bits per heavy atom. The maximum absolute atomic E-state index is 12.5. The molecule has 2 heteroatoms. The molecule has 0 aliphatic heterocycles. The Bertz CT molecular complexity index is 961. The van der Waals surface area contributed by atoms with Gasteiger partial charge in [-0.3, -0.25) is 4.79 Å². The molecule has 0 radical (unpaired) electrons. The molecule has 0 bridgehead atoms. The zero-order valence-corrected chi connectivity index (χ0v) is 19.7. The zero-order valence-electron chi connectivity index (χ0n) is 19.7. The van der Waals surface area contributed by atoms with Crippen molar-refractivity contribution in [2.24, 2.45) is 33.5 Å². The van der Waals surface area contributed by atoms with Crippen LogP contribution in [0, 0.1) is 33.5 Å². The normalized spacial score (nSPS) is 47.9. The van der Waals surface area contributed by atoms with E-state index < -0.39 is 0 Å². The maximum Gasteiger partial charge on any atom is 0.220 e. The van der Waals surface area contributed by atoms with Crippen LogP contribution in [0.5, 0.6) is 0 Å². The molecule has 1 unspecified atom stereocenters. The third-order valence-electron chi connectivity index (χ3n) is 10.8. The number of carbonyl (C=O) groups excluding carboxylic acids is 1. The fourth-order valence-corrected chi connectivity index (χ4v) is 8.51. The fourth-order valence-electron chi connectivity index (χ4n) is 8.51. The van der Waals surface area contributed by atoms with E-state index >= 15 is 0 Å². The lowest BCUT2D eigenvalue weighted by Crippen LogP contribution is -2.60. The van der Waals surface area contributed by atoms with Crippen LogP contribution in [0.25, 0.3) is 0 Å². The first kappa shape index (κ1) is 20.3. The molecule has 5 aliphatic carbocycles. The van der Waals surface area contributed by atoms with E-state index in [0.29, 0.717) is 10.8 Å². The molecule has 5 aliphatic rings. The highest BCUT2D eigenvalue weighted by Gasteiger charge is 2.65. The molecule has 0 aromatic carbocycles. The van der Waals surface area contributed by atoms with E-state index in [1.807, 2.05) is 6.92 Å². The monoisotopic (exact) mass is 406 g/mol. The van der Waals surface area contributed by atoms with Crippen LogP contribution < -0.4 is 0 Å².